The number of benzene rings is 2. The Labute approximate surface area is 147 Å². The molecule has 0 spiro atoms. The van der Waals surface area contributed by atoms with Gasteiger partial charge in [-0.25, -0.2) is 0 Å². The van der Waals surface area contributed by atoms with Gasteiger partial charge in [-0.1, -0.05) is 60.7 Å². The van der Waals surface area contributed by atoms with E-state index in [1.165, 1.54) is 41.8 Å². The van der Waals surface area contributed by atoms with Gasteiger partial charge in [-0.15, -0.1) is 0 Å². The predicted molar refractivity (Wildman–Crippen MR) is 99.8 cm³/mol. The maximum Gasteiger partial charge on any atom is 0.127 e. The van der Waals surface area contributed by atoms with Crippen LogP contribution in [0.4, 0.5) is 0 Å². The quantitative estimate of drug-likeness (QED) is 0.784. The summed E-state index contributed by atoms with van der Waals surface area (Å²) in [7, 11) is 0. The van der Waals surface area contributed by atoms with E-state index in [0.717, 1.165) is 13.1 Å². The van der Waals surface area contributed by atoms with Crippen molar-refractivity contribution < 1.29 is 9.80 Å². The van der Waals surface area contributed by atoms with E-state index in [1.54, 1.807) is 9.80 Å². The number of quaternary nitrogens is 2. The van der Waals surface area contributed by atoms with Gasteiger partial charge in [0.05, 0.1) is 0 Å². The highest BCUT2D eigenvalue weighted by Gasteiger charge is 2.23. The summed E-state index contributed by atoms with van der Waals surface area (Å²) < 4.78 is 1.30. The molecule has 0 radical (unpaired) electrons. The van der Waals surface area contributed by atoms with E-state index in [1.807, 2.05) is 0 Å². The molecule has 3 rings (SSSR count). The third kappa shape index (κ3) is 5.31. The van der Waals surface area contributed by atoms with E-state index in [0.29, 0.717) is 0 Å². The van der Waals surface area contributed by atoms with Crippen LogP contribution in [-0.2, 0) is 6.54 Å². The van der Waals surface area contributed by atoms with E-state index in [4.69, 9.17) is 0 Å². The number of halogens is 1. The molecule has 3 heteroatoms. The van der Waals surface area contributed by atoms with Gasteiger partial charge in [0.1, 0.15) is 39.3 Å². The van der Waals surface area contributed by atoms with Crippen molar-refractivity contribution in [2.45, 2.75) is 6.54 Å². The van der Waals surface area contributed by atoms with Gasteiger partial charge in [0.25, 0.3) is 0 Å². The molecule has 0 amide bonds. The Morgan fingerprint density at radius 3 is 2.04 bits per heavy atom. The van der Waals surface area contributed by atoms with Gasteiger partial charge in [-0.3, -0.25) is 0 Å². The lowest BCUT2D eigenvalue weighted by Gasteiger charge is -2.29. The number of piperazine rings is 1. The summed E-state index contributed by atoms with van der Waals surface area (Å²) in [6.45, 7) is 7.27. The smallest absolute Gasteiger partial charge is 0.127 e. The third-order valence-corrected chi connectivity index (χ3v) is 5.01. The minimum atomic E-state index is 1.09. The average molecular weight is 373 g/mol. The monoisotopic (exact) mass is 372 g/mol. The summed E-state index contributed by atoms with van der Waals surface area (Å²) in [5, 5.41) is 0. The van der Waals surface area contributed by atoms with Gasteiger partial charge in [-0.05, 0) is 27.6 Å². The first kappa shape index (κ1) is 16.4. The van der Waals surface area contributed by atoms with Gasteiger partial charge in [0, 0.05) is 10.0 Å². The molecular formula is C20H25BrN2+2. The van der Waals surface area contributed by atoms with Crippen LogP contribution in [0.15, 0.2) is 65.1 Å². The van der Waals surface area contributed by atoms with Gasteiger partial charge in [0.15, 0.2) is 0 Å². The molecule has 1 fully saturated rings. The van der Waals surface area contributed by atoms with Crippen molar-refractivity contribution in [1.29, 1.82) is 0 Å². The Kier molecular flexibility index (Phi) is 6.03. The summed E-state index contributed by atoms with van der Waals surface area (Å²) in [4.78, 5) is 3.39. The standard InChI is InChI=1S/C20H23BrN2/c21-20(15-18-7-3-1-4-8-18)17-23-13-11-22(12-14-23)16-19-9-5-2-6-10-19/h1-10,15H,11-14,16-17H2/p+2/b20-15-. The first-order valence-electron chi connectivity index (χ1n) is 8.42. The van der Waals surface area contributed by atoms with Crippen molar-refractivity contribution in [2.75, 3.05) is 32.7 Å². The molecule has 2 aromatic rings. The topological polar surface area (TPSA) is 8.88 Å². The summed E-state index contributed by atoms with van der Waals surface area (Å²) in [6.07, 6.45) is 2.25. The first-order chi connectivity index (χ1) is 11.3. The van der Waals surface area contributed by atoms with Crippen LogP contribution in [0.1, 0.15) is 11.1 Å². The zero-order valence-electron chi connectivity index (χ0n) is 13.5. The van der Waals surface area contributed by atoms with Crippen LogP contribution in [0.25, 0.3) is 6.08 Å². The molecule has 0 aliphatic carbocycles. The number of hydrogen-bond donors (Lipinski definition) is 2. The van der Waals surface area contributed by atoms with Crippen molar-refractivity contribution in [3.8, 4) is 0 Å². The van der Waals surface area contributed by atoms with Crippen LogP contribution in [0, 0.1) is 0 Å². The van der Waals surface area contributed by atoms with E-state index in [-0.39, 0.29) is 0 Å². The second-order valence-electron chi connectivity index (χ2n) is 6.34. The average Bonchev–Trinajstić information content (AvgIpc) is 2.58. The molecule has 1 aliphatic rings. The van der Waals surface area contributed by atoms with E-state index in [9.17, 15) is 0 Å². The van der Waals surface area contributed by atoms with Crippen LogP contribution in [-0.4, -0.2) is 32.7 Å². The molecule has 120 valence electrons. The Morgan fingerprint density at radius 1 is 0.826 bits per heavy atom. The second kappa shape index (κ2) is 8.44. The Hall–Kier alpha value is -1.42. The lowest BCUT2D eigenvalue weighted by atomic mass is 10.2. The van der Waals surface area contributed by atoms with E-state index >= 15 is 0 Å². The number of nitrogens with one attached hydrogen (secondary N) is 2. The molecule has 0 atom stereocenters. The lowest BCUT2D eigenvalue weighted by molar-refractivity contribution is -1.02. The molecule has 1 saturated heterocycles. The van der Waals surface area contributed by atoms with E-state index < -0.39 is 0 Å². The molecule has 2 nitrogen and oxygen atoms in total. The second-order valence-corrected chi connectivity index (χ2v) is 7.36. The molecule has 0 bridgehead atoms. The SMILES string of the molecule is Br/C(=C\c1ccccc1)C[NH+]1CC[NH+](Cc2ccccc2)CC1. The normalized spacial score (nSPS) is 22.0. The Balaban J connectivity index is 1.46. The van der Waals surface area contributed by atoms with Crippen LogP contribution in [0.5, 0.6) is 0 Å². The van der Waals surface area contributed by atoms with Gasteiger partial charge >= 0.3 is 0 Å². The fraction of sp³-hybridized carbons (Fsp3) is 0.300. The van der Waals surface area contributed by atoms with Crippen molar-refractivity contribution in [3.05, 3.63) is 76.3 Å². The van der Waals surface area contributed by atoms with Crippen molar-refractivity contribution >= 4 is 22.0 Å². The van der Waals surface area contributed by atoms with Gasteiger partial charge in [-0.2, -0.15) is 0 Å². The third-order valence-electron chi connectivity index (χ3n) is 4.50. The summed E-state index contributed by atoms with van der Waals surface area (Å²) in [5.41, 5.74) is 2.73. The Bertz CT molecular complexity index is 617. The maximum absolute atomic E-state index is 3.75. The van der Waals surface area contributed by atoms with Crippen LogP contribution >= 0.6 is 15.9 Å². The molecule has 2 aromatic carbocycles. The molecule has 0 aromatic heterocycles. The van der Waals surface area contributed by atoms with Crippen LogP contribution in [0.3, 0.4) is 0 Å². The van der Waals surface area contributed by atoms with Crippen molar-refractivity contribution in [2.24, 2.45) is 0 Å². The zero-order chi connectivity index (χ0) is 15.9. The minimum absolute atomic E-state index is 1.09. The molecule has 0 unspecified atom stereocenters. The largest absolute Gasteiger partial charge is 0.322 e. The number of rotatable bonds is 5. The molecule has 23 heavy (non-hydrogen) atoms. The van der Waals surface area contributed by atoms with Gasteiger partial charge < -0.3 is 9.80 Å². The van der Waals surface area contributed by atoms with Crippen molar-refractivity contribution in [3.63, 3.8) is 0 Å². The fourth-order valence-electron chi connectivity index (χ4n) is 3.22. The summed E-state index contributed by atoms with van der Waals surface area (Å²) in [5.74, 6) is 0. The van der Waals surface area contributed by atoms with E-state index in [2.05, 4.69) is 82.7 Å². The number of hydrogen-bond acceptors (Lipinski definition) is 0. The van der Waals surface area contributed by atoms with Crippen LogP contribution < -0.4 is 9.80 Å². The van der Waals surface area contributed by atoms with Crippen molar-refractivity contribution in [1.82, 2.24) is 0 Å². The highest BCUT2D eigenvalue weighted by Crippen LogP contribution is 2.10. The predicted octanol–water partition coefficient (Wildman–Crippen LogP) is 1.41. The molecular weight excluding hydrogens is 348 g/mol. The van der Waals surface area contributed by atoms with Crippen LogP contribution in [0.2, 0.25) is 0 Å². The summed E-state index contributed by atoms with van der Waals surface area (Å²) >= 11 is 3.75. The highest BCUT2D eigenvalue weighted by atomic mass is 79.9. The molecule has 1 aliphatic heterocycles. The fourth-order valence-corrected chi connectivity index (χ4v) is 3.88. The highest BCUT2D eigenvalue weighted by molar-refractivity contribution is 9.11. The summed E-state index contributed by atoms with van der Waals surface area (Å²) in [6, 6.07) is 21.4. The lowest BCUT2D eigenvalue weighted by Crippen LogP contribution is -3.27. The molecule has 1 heterocycles. The zero-order valence-corrected chi connectivity index (χ0v) is 15.1. The molecule has 2 N–H and O–H groups in total. The molecule has 0 saturated carbocycles. The first-order valence-corrected chi connectivity index (χ1v) is 9.21. The van der Waals surface area contributed by atoms with Gasteiger partial charge in [0.2, 0.25) is 0 Å². The Morgan fingerprint density at radius 2 is 1.39 bits per heavy atom. The minimum Gasteiger partial charge on any atom is -0.322 e. The maximum atomic E-state index is 3.75.